The fourth-order valence-corrected chi connectivity index (χ4v) is 1.77. The van der Waals surface area contributed by atoms with Gasteiger partial charge in [-0.2, -0.15) is 0 Å². The zero-order valence-electron chi connectivity index (χ0n) is 12.4. The van der Waals surface area contributed by atoms with Crippen LogP contribution in [0.4, 0.5) is 0 Å². The van der Waals surface area contributed by atoms with Crippen molar-refractivity contribution in [3.05, 3.63) is 28.3 Å². The topological polar surface area (TPSA) is 41.5 Å². The number of aryl methyl sites for hydroxylation is 2. The van der Waals surface area contributed by atoms with Gasteiger partial charge in [0, 0.05) is 17.1 Å². The Bertz CT molecular complexity index is 404. The highest BCUT2D eigenvalue weighted by atomic mass is 35.5. The molecular formula is C15H24ClNO2. The second kappa shape index (κ2) is 6.60. The van der Waals surface area contributed by atoms with E-state index in [1.54, 1.807) is 0 Å². The average Bonchev–Trinajstić information content (AvgIpc) is 2.29. The molecule has 1 rings (SSSR count). The molecule has 0 aromatic heterocycles. The van der Waals surface area contributed by atoms with E-state index in [4.69, 9.17) is 16.3 Å². The van der Waals surface area contributed by atoms with Crippen LogP contribution in [0.3, 0.4) is 0 Å². The van der Waals surface area contributed by atoms with Crippen molar-refractivity contribution in [1.29, 1.82) is 0 Å². The second-order valence-electron chi connectivity index (χ2n) is 5.97. The summed E-state index contributed by atoms with van der Waals surface area (Å²) >= 11 is 6.10. The summed E-state index contributed by atoms with van der Waals surface area (Å²) in [6.45, 7) is 10.9. The monoisotopic (exact) mass is 285 g/mol. The highest BCUT2D eigenvalue weighted by molar-refractivity contribution is 6.32. The van der Waals surface area contributed by atoms with Crippen LogP contribution in [0.15, 0.2) is 12.1 Å². The van der Waals surface area contributed by atoms with Crippen LogP contribution in [-0.4, -0.2) is 29.9 Å². The van der Waals surface area contributed by atoms with Crippen molar-refractivity contribution in [3.8, 4) is 5.75 Å². The molecule has 0 fully saturated rings. The van der Waals surface area contributed by atoms with E-state index in [9.17, 15) is 5.11 Å². The van der Waals surface area contributed by atoms with Crippen molar-refractivity contribution < 1.29 is 9.84 Å². The lowest BCUT2D eigenvalue weighted by Crippen LogP contribution is -2.42. The maximum absolute atomic E-state index is 9.85. The third kappa shape index (κ3) is 5.81. The van der Waals surface area contributed by atoms with Crippen LogP contribution in [-0.2, 0) is 0 Å². The molecule has 0 saturated carbocycles. The summed E-state index contributed by atoms with van der Waals surface area (Å²) in [4.78, 5) is 0. The van der Waals surface area contributed by atoms with Crippen molar-refractivity contribution in [1.82, 2.24) is 5.32 Å². The van der Waals surface area contributed by atoms with Gasteiger partial charge in [0.1, 0.15) is 18.5 Å². The lowest BCUT2D eigenvalue weighted by Gasteiger charge is -2.23. The van der Waals surface area contributed by atoms with E-state index in [2.05, 4.69) is 26.1 Å². The number of aliphatic hydroxyl groups is 1. The van der Waals surface area contributed by atoms with Gasteiger partial charge in [0.25, 0.3) is 0 Å². The summed E-state index contributed by atoms with van der Waals surface area (Å²) in [6.07, 6.45) is -0.532. The van der Waals surface area contributed by atoms with Crippen molar-refractivity contribution in [2.45, 2.75) is 46.3 Å². The minimum atomic E-state index is -0.532. The van der Waals surface area contributed by atoms with Gasteiger partial charge in [-0.25, -0.2) is 0 Å². The van der Waals surface area contributed by atoms with Gasteiger partial charge in [-0.05, 0) is 57.9 Å². The number of benzene rings is 1. The minimum absolute atomic E-state index is 0.00553. The molecule has 1 atom stereocenters. The lowest BCUT2D eigenvalue weighted by molar-refractivity contribution is 0.1000. The standard InChI is InChI=1S/C15H24ClNO2/c1-10-6-13(7-11(2)14(10)16)19-9-12(18)8-17-15(3,4)5/h6-7,12,17-18H,8-9H2,1-5H3/t12-/m1/s1. The Morgan fingerprint density at radius 2 is 1.79 bits per heavy atom. The predicted molar refractivity (Wildman–Crippen MR) is 80.2 cm³/mol. The zero-order chi connectivity index (χ0) is 14.6. The lowest BCUT2D eigenvalue weighted by atomic mass is 10.1. The Labute approximate surface area is 120 Å². The third-order valence-corrected chi connectivity index (χ3v) is 3.32. The van der Waals surface area contributed by atoms with Crippen LogP contribution in [0.5, 0.6) is 5.75 Å². The molecule has 3 nitrogen and oxygen atoms in total. The molecule has 19 heavy (non-hydrogen) atoms. The maximum atomic E-state index is 9.85. The van der Waals surface area contributed by atoms with E-state index in [0.717, 1.165) is 21.9 Å². The summed E-state index contributed by atoms with van der Waals surface area (Å²) in [5.41, 5.74) is 1.96. The number of aliphatic hydroxyl groups excluding tert-OH is 1. The van der Waals surface area contributed by atoms with Crippen molar-refractivity contribution in [2.24, 2.45) is 0 Å². The van der Waals surface area contributed by atoms with E-state index in [-0.39, 0.29) is 12.1 Å². The molecule has 0 aliphatic heterocycles. The SMILES string of the molecule is Cc1cc(OC[C@H](O)CNC(C)(C)C)cc(C)c1Cl. The van der Waals surface area contributed by atoms with Gasteiger partial charge in [0.05, 0.1) is 0 Å². The summed E-state index contributed by atoms with van der Waals surface area (Å²) in [6, 6.07) is 3.78. The number of ether oxygens (including phenoxy) is 1. The molecule has 1 aromatic carbocycles. The molecule has 0 amide bonds. The van der Waals surface area contributed by atoms with Crippen molar-refractivity contribution >= 4 is 11.6 Å². The highest BCUT2D eigenvalue weighted by Crippen LogP contribution is 2.25. The van der Waals surface area contributed by atoms with Crippen molar-refractivity contribution in [2.75, 3.05) is 13.2 Å². The molecule has 0 heterocycles. The number of hydrogen-bond donors (Lipinski definition) is 2. The van der Waals surface area contributed by atoms with E-state index in [1.165, 1.54) is 0 Å². The van der Waals surface area contributed by atoms with Gasteiger partial charge in [0.15, 0.2) is 0 Å². The molecule has 0 bridgehead atoms. The van der Waals surface area contributed by atoms with Gasteiger partial charge in [-0.3, -0.25) is 0 Å². The van der Waals surface area contributed by atoms with Crippen molar-refractivity contribution in [3.63, 3.8) is 0 Å². The first kappa shape index (κ1) is 16.3. The van der Waals surface area contributed by atoms with Gasteiger partial charge in [-0.15, -0.1) is 0 Å². The molecule has 0 aliphatic rings. The Hall–Kier alpha value is -0.770. The van der Waals surface area contributed by atoms with Gasteiger partial charge >= 0.3 is 0 Å². The molecule has 0 unspecified atom stereocenters. The van der Waals surface area contributed by atoms with Crippen LogP contribution in [0.2, 0.25) is 5.02 Å². The molecular weight excluding hydrogens is 262 g/mol. The van der Waals surface area contributed by atoms with E-state index >= 15 is 0 Å². The molecule has 0 spiro atoms. The first-order chi connectivity index (χ1) is 8.69. The number of rotatable bonds is 5. The quantitative estimate of drug-likeness (QED) is 0.873. The molecule has 0 saturated heterocycles. The van der Waals surface area contributed by atoms with Gasteiger partial charge in [0.2, 0.25) is 0 Å². The number of halogens is 1. The number of hydrogen-bond acceptors (Lipinski definition) is 3. The normalized spacial score (nSPS) is 13.4. The van der Waals surface area contributed by atoms with Crippen LogP contribution in [0, 0.1) is 13.8 Å². The molecule has 0 radical (unpaired) electrons. The number of β-amino-alcohol motifs (C(OH)–C–C–N with tert-alkyl or cyclic N) is 1. The second-order valence-corrected chi connectivity index (χ2v) is 6.34. The smallest absolute Gasteiger partial charge is 0.120 e. The first-order valence-electron chi connectivity index (χ1n) is 6.51. The Balaban J connectivity index is 2.48. The summed E-state index contributed by atoms with van der Waals surface area (Å²) < 4.78 is 5.60. The Morgan fingerprint density at radius 3 is 2.26 bits per heavy atom. The fraction of sp³-hybridized carbons (Fsp3) is 0.600. The van der Waals surface area contributed by atoms with Gasteiger partial charge in [-0.1, -0.05) is 11.6 Å². The van der Waals surface area contributed by atoms with E-state index < -0.39 is 6.10 Å². The van der Waals surface area contributed by atoms with Crippen LogP contribution >= 0.6 is 11.6 Å². The third-order valence-electron chi connectivity index (χ3n) is 2.72. The van der Waals surface area contributed by atoms with E-state index in [0.29, 0.717) is 6.54 Å². The molecule has 1 aromatic rings. The summed E-state index contributed by atoms with van der Waals surface area (Å²) in [7, 11) is 0. The van der Waals surface area contributed by atoms with Crippen LogP contribution < -0.4 is 10.1 Å². The fourth-order valence-electron chi connectivity index (χ4n) is 1.66. The molecule has 108 valence electrons. The Morgan fingerprint density at radius 1 is 1.26 bits per heavy atom. The minimum Gasteiger partial charge on any atom is -0.491 e. The number of nitrogens with one attached hydrogen (secondary N) is 1. The summed E-state index contributed by atoms with van der Waals surface area (Å²) in [5.74, 6) is 0.745. The Kier molecular flexibility index (Phi) is 5.65. The highest BCUT2D eigenvalue weighted by Gasteiger charge is 2.13. The van der Waals surface area contributed by atoms with E-state index in [1.807, 2.05) is 26.0 Å². The zero-order valence-corrected chi connectivity index (χ0v) is 13.1. The summed E-state index contributed by atoms with van der Waals surface area (Å²) in [5, 5.41) is 13.9. The first-order valence-corrected chi connectivity index (χ1v) is 6.89. The largest absolute Gasteiger partial charge is 0.491 e. The van der Waals surface area contributed by atoms with Crippen LogP contribution in [0.1, 0.15) is 31.9 Å². The van der Waals surface area contributed by atoms with Crippen LogP contribution in [0.25, 0.3) is 0 Å². The molecule has 2 N–H and O–H groups in total. The molecule has 0 aliphatic carbocycles. The van der Waals surface area contributed by atoms with Gasteiger partial charge < -0.3 is 15.2 Å². The predicted octanol–water partition coefficient (Wildman–Crippen LogP) is 3.08. The average molecular weight is 286 g/mol. The maximum Gasteiger partial charge on any atom is 0.120 e. The molecule has 4 heteroatoms.